The van der Waals surface area contributed by atoms with Gasteiger partial charge in [0.25, 0.3) is 0 Å². The Morgan fingerprint density at radius 2 is 2.14 bits per heavy atom. The van der Waals surface area contributed by atoms with Crippen molar-refractivity contribution in [3.63, 3.8) is 0 Å². The molecule has 1 aromatic rings. The second-order valence-corrected chi connectivity index (χ2v) is 5.93. The van der Waals surface area contributed by atoms with E-state index < -0.39 is 0 Å². The van der Waals surface area contributed by atoms with Gasteiger partial charge in [0, 0.05) is 12.6 Å². The number of nitrogens with one attached hydrogen (secondary N) is 1. The molecular formula is C18H29NO2. The minimum Gasteiger partial charge on any atom is -0.486 e. The van der Waals surface area contributed by atoms with Crippen molar-refractivity contribution in [1.82, 2.24) is 5.32 Å². The van der Waals surface area contributed by atoms with Gasteiger partial charge >= 0.3 is 0 Å². The lowest BCUT2D eigenvalue weighted by molar-refractivity contribution is -0.0151. The number of rotatable bonds is 7. The highest BCUT2D eigenvalue weighted by Crippen LogP contribution is 2.30. The highest BCUT2D eigenvalue weighted by atomic mass is 16.5. The third kappa shape index (κ3) is 4.45. The molecule has 3 nitrogen and oxygen atoms in total. The summed E-state index contributed by atoms with van der Waals surface area (Å²) >= 11 is 0. The Morgan fingerprint density at radius 3 is 2.90 bits per heavy atom. The van der Waals surface area contributed by atoms with Crippen molar-refractivity contribution in [2.45, 2.75) is 58.1 Å². The summed E-state index contributed by atoms with van der Waals surface area (Å²) in [6, 6.07) is 8.82. The van der Waals surface area contributed by atoms with Gasteiger partial charge in [0.05, 0.1) is 6.61 Å². The first-order chi connectivity index (χ1) is 10.3. The summed E-state index contributed by atoms with van der Waals surface area (Å²) in [5.41, 5.74) is 1.31. The smallest absolute Gasteiger partial charge is 0.137 e. The molecule has 1 heterocycles. The Bertz CT molecular complexity index is 421. The number of para-hydroxylation sites is 1. The summed E-state index contributed by atoms with van der Waals surface area (Å²) in [6.07, 6.45) is 3.40. The fourth-order valence-corrected chi connectivity index (χ4v) is 2.77. The van der Waals surface area contributed by atoms with Crippen LogP contribution in [0.25, 0.3) is 0 Å². The van der Waals surface area contributed by atoms with Gasteiger partial charge in [-0.2, -0.15) is 0 Å². The molecule has 0 radical (unpaired) electrons. The first kappa shape index (κ1) is 16.3. The fourth-order valence-electron chi connectivity index (χ4n) is 2.77. The molecule has 0 amide bonds. The van der Waals surface area contributed by atoms with Crippen LogP contribution in [-0.4, -0.2) is 31.9 Å². The van der Waals surface area contributed by atoms with E-state index in [4.69, 9.17) is 9.47 Å². The van der Waals surface area contributed by atoms with E-state index in [2.05, 4.69) is 50.4 Å². The molecule has 1 aliphatic rings. The monoisotopic (exact) mass is 291 g/mol. The summed E-state index contributed by atoms with van der Waals surface area (Å²) in [5.74, 6) is 1.54. The molecule has 3 heteroatoms. The maximum Gasteiger partial charge on any atom is 0.137 e. The molecule has 21 heavy (non-hydrogen) atoms. The minimum atomic E-state index is 0.107. The van der Waals surface area contributed by atoms with Crippen molar-refractivity contribution < 1.29 is 9.47 Å². The Labute approximate surface area is 129 Å². The third-order valence-corrected chi connectivity index (χ3v) is 4.30. The maximum absolute atomic E-state index is 6.33. The van der Waals surface area contributed by atoms with E-state index in [0.717, 1.165) is 38.2 Å². The average molecular weight is 291 g/mol. The normalized spacial score (nSPS) is 23.8. The predicted octanol–water partition coefficient (Wildman–Crippen LogP) is 3.74. The van der Waals surface area contributed by atoms with Crippen molar-refractivity contribution in [1.29, 1.82) is 0 Å². The lowest BCUT2D eigenvalue weighted by Crippen LogP contribution is -2.49. The molecule has 0 bridgehead atoms. The van der Waals surface area contributed by atoms with Crippen LogP contribution in [0.5, 0.6) is 5.75 Å². The van der Waals surface area contributed by atoms with E-state index in [1.807, 2.05) is 0 Å². The average Bonchev–Trinajstić information content (AvgIpc) is 2.54. The molecule has 1 N–H and O–H groups in total. The van der Waals surface area contributed by atoms with Gasteiger partial charge in [-0.1, -0.05) is 39.0 Å². The molecule has 0 spiro atoms. The molecule has 1 aromatic carbocycles. The highest BCUT2D eigenvalue weighted by Gasteiger charge is 2.27. The number of benzene rings is 1. The Balaban J connectivity index is 2.08. The van der Waals surface area contributed by atoms with Gasteiger partial charge in [-0.3, -0.25) is 0 Å². The second-order valence-electron chi connectivity index (χ2n) is 5.93. The molecular weight excluding hydrogens is 262 g/mol. The summed E-state index contributed by atoms with van der Waals surface area (Å²) in [5, 5.41) is 3.60. The van der Waals surface area contributed by atoms with Crippen LogP contribution < -0.4 is 10.1 Å². The quantitative estimate of drug-likeness (QED) is 0.830. The molecule has 118 valence electrons. The Kier molecular flexibility index (Phi) is 6.52. The SMILES string of the molecule is CCCNC1CCOCC1Oc1ccccc1C(C)CC. The molecule has 3 unspecified atom stereocenters. The van der Waals surface area contributed by atoms with Gasteiger partial charge in [-0.05, 0) is 43.4 Å². The zero-order chi connectivity index (χ0) is 15.1. The van der Waals surface area contributed by atoms with E-state index in [-0.39, 0.29) is 6.10 Å². The van der Waals surface area contributed by atoms with Crippen LogP contribution in [0.2, 0.25) is 0 Å². The first-order valence-corrected chi connectivity index (χ1v) is 8.33. The van der Waals surface area contributed by atoms with Crippen LogP contribution in [-0.2, 0) is 4.74 Å². The third-order valence-electron chi connectivity index (χ3n) is 4.30. The van der Waals surface area contributed by atoms with Crippen molar-refractivity contribution in [3.05, 3.63) is 29.8 Å². The van der Waals surface area contributed by atoms with Crippen LogP contribution in [0.15, 0.2) is 24.3 Å². The van der Waals surface area contributed by atoms with E-state index >= 15 is 0 Å². The summed E-state index contributed by atoms with van der Waals surface area (Å²) in [7, 11) is 0. The minimum absolute atomic E-state index is 0.107. The molecule has 0 aromatic heterocycles. The van der Waals surface area contributed by atoms with Crippen molar-refractivity contribution in [2.75, 3.05) is 19.8 Å². The standard InChI is InChI=1S/C18H29NO2/c1-4-11-19-16-10-12-20-13-18(16)21-17-9-7-6-8-15(17)14(3)5-2/h6-9,14,16,18-19H,4-5,10-13H2,1-3H3. The molecule has 1 fully saturated rings. The van der Waals surface area contributed by atoms with E-state index in [0.29, 0.717) is 18.6 Å². The van der Waals surface area contributed by atoms with Crippen LogP contribution >= 0.6 is 0 Å². The van der Waals surface area contributed by atoms with Crippen molar-refractivity contribution in [3.8, 4) is 5.75 Å². The summed E-state index contributed by atoms with van der Waals surface area (Å²) in [6.45, 7) is 9.21. The molecule has 0 aliphatic carbocycles. The van der Waals surface area contributed by atoms with Gasteiger partial charge < -0.3 is 14.8 Å². The molecule has 2 rings (SSSR count). The van der Waals surface area contributed by atoms with Crippen molar-refractivity contribution >= 4 is 0 Å². The van der Waals surface area contributed by atoms with E-state index in [1.165, 1.54) is 5.56 Å². The predicted molar refractivity (Wildman–Crippen MR) is 87.1 cm³/mol. The van der Waals surface area contributed by atoms with Gasteiger partial charge in [0.2, 0.25) is 0 Å². The number of hydrogen-bond donors (Lipinski definition) is 1. The number of hydrogen-bond acceptors (Lipinski definition) is 3. The zero-order valence-corrected chi connectivity index (χ0v) is 13.6. The van der Waals surface area contributed by atoms with Gasteiger partial charge in [-0.15, -0.1) is 0 Å². The summed E-state index contributed by atoms with van der Waals surface area (Å²) in [4.78, 5) is 0. The van der Waals surface area contributed by atoms with Gasteiger partial charge in [-0.25, -0.2) is 0 Å². The van der Waals surface area contributed by atoms with Gasteiger partial charge in [0.15, 0.2) is 0 Å². The van der Waals surface area contributed by atoms with E-state index in [9.17, 15) is 0 Å². The fraction of sp³-hybridized carbons (Fsp3) is 0.667. The Hall–Kier alpha value is -1.06. The van der Waals surface area contributed by atoms with Gasteiger partial charge in [0.1, 0.15) is 11.9 Å². The lowest BCUT2D eigenvalue weighted by atomic mass is 9.97. The van der Waals surface area contributed by atoms with Crippen LogP contribution in [0.1, 0.15) is 51.5 Å². The van der Waals surface area contributed by atoms with Crippen LogP contribution in [0.3, 0.4) is 0 Å². The zero-order valence-electron chi connectivity index (χ0n) is 13.6. The summed E-state index contributed by atoms with van der Waals surface area (Å²) < 4.78 is 12.0. The number of ether oxygens (including phenoxy) is 2. The molecule has 3 atom stereocenters. The van der Waals surface area contributed by atoms with Crippen LogP contribution in [0, 0.1) is 0 Å². The maximum atomic E-state index is 6.33. The lowest BCUT2D eigenvalue weighted by Gasteiger charge is -2.33. The molecule has 1 aliphatic heterocycles. The largest absolute Gasteiger partial charge is 0.486 e. The Morgan fingerprint density at radius 1 is 1.33 bits per heavy atom. The van der Waals surface area contributed by atoms with Crippen LogP contribution in [0.4, 0.5) is 0 Å². The highest BCUT2D eigenvalue weighted by molar-refractivity contribution is 5.36. The second kappa shape index (κ2) is 8.40. The first-order valence-electron chi connectivity index (χ1n) is 8.33. The molecule has 1 saturated heterocycles. The van der Waals surface area contributed by atoms with E-state index in [1.54, 1.807) is 0 Å². The topological polar surface area (TPSA) is 30.5 Å². The molecule has 0 saturated carbocycles. The van der Waals surface area contributed by atoms with Crippen molar-refractivity contribution in [2.24, 2.45) is 0 Å².